The van der Waals surface area contributed by atoms with Crippen molar-refractivity contribution < 1.29 is 9.53 Å². The van der Waals surface area contributed by atoms with E-state index in [4.69, 9.17) is 4.74 Å². The second kappa shape index (κ2) is 12.4. The predicted octanol–water partition coefficient (Wildman–Crippen LogP) is 7.46. The van der Waals surface area contributed by atoms with Crippen molar-refractivity contribution in [2.75, 3.05) is 0 Å². The molecule has 0 aliphatic carbocycles. The molecule has 0 N–H and O–H groups in total. The summed E-state index contributed by atoms with van der Waals surface area (Å²) in [5.41, 5.74) is 4.35. The fourth-order valence-corrected chi connectivity index (χ4v) is 3.45. The second-order valence-corrected chi connectivity index (χ2v) is 7.65. The van der Waals surface area contributed by atoms with Gasteiger partial charge in [0.25, 0.3) is 0 Å². The van der Waals surface area contributed by atoms with E-state index in [-0.39, 0.29) is 12.1 Å². The molecule has 2 heteroatoms. The summed E-state index contributed by atoms with van der Waals surface area (Å²) in [5.74, 6) is -0.237. The number of aryl methyl sites for hydroxylation is 2. The molecule has 0 saturated carbocycles. The van der Waals surface area contributed by atoms with Crippen LogP contribution >= 0.6 is 0 Å². The van der Waals surface area contributed by atoms with Crippen LogP contribution < -0.4 is 0 Å². The Labute approximate surface area is 171 Å². The van der Waals surface area contributed by atoms with Crippen molar-refractivity contribution in [1.82, 2.24) is 0 Å². The maximum Gasteiger partial charge on any atom is 0.338 e. The van der Waals surface area contributed by atoms with Crippen LogP contribution in [0.2, 0.25) is 0 Å². The van der Waals surface area contributed by atoms with Crippen LogP contribution in [0.3, 0.4) is 0 Å². The molecule has 0 amide bonds. The molecule has 2 rings (SSSR count). The lowest BCUT2D eigenvalue weighted by molar-refractivity contribution is 0.0288. The standard InChI is InChI=1S/C26H36O2/c1-4-7-9-11-21-13-17-23(18-14-21)25(6-3)28-26(27)24-19-15-22(16-20-24)12-10-8-5-2/h13-20,25H,4-12H2,1-3H3. The summed E-state index contributed by atoms with van der Waals surface area (Å²) in [5, 5.41) is 0. The molecule has 0 saturated heterocycles. The minimum atomic E-state index is -0.237. The molecule has 2 nitrogen and oxygen atoms in total. The van der Waals surface area contributed by atoms with Crippen LogP contribution in [-0.4, -0.2) is 5.97 Å². The van der Waals surface area contributed by atoms with Crippen LogP contribution in [0.4, 0.5) is 0 Å². The van der Waals surface area contributed by atoms with Crippen LogP contribution in [0.5, 0.6) is 0 Å². The van der Waals surface area contributed by atoms with Gasteiger partial charge in [0, 0.05) is 0 Å². The van der Waals surface area contributed by atoms with Gasteiger partial charge >= 0.3 is 5.97 Å². The number of hydrogen-bond donors (Lipinski definition) is 0. The number of esters is 1. The van der Waals surface area contributed by atoms with Gasteiger partial charge < -0.3 is 4.74 Å². The van der Waals surface area contributed by atoms with E-state index >= 15 is 0 Å². The zero-order valence-electron chi connectivity index (χ0n) is 17.9. The Hall–Kier alpha value is -2.09. The third-order valence-corrected chi connectivity index (χ3v) is 5.30. The summed E-state index contributed by atoms with van der Waals surface area (Å²) in [7, 11) is 0. The van der Waals surface area contributed by atoms with E-state index in [0.717, 1.165) is 24.8 Å². The van der Waals surface area contributed by atoms with Crippen molar-refractivity contribution in [2.24, 2.45) is 0 Å². The smallest absolute Gasteiger partial charge is 0.338 e. The lowest BCUT2D eigenvalue weighted by Gasteiger charge is -2.17. The first kappa shape index (κ1) is 22.2. The van der Waals surface area contributed by atoms with E-state index in [9.17, 15) is 4.79 Å². The number of ether oxygens (including phenoxy) is 1. The van der Waals surface area contributed by atoms with Gasteiger partial charge in [0.1, 0.15) is 6.10 Å². The molecule has 1 atom stereocenters. The van der Waals surface area contributed by atoms with Crippen molar-refractivity contribution in [3.63, 3.8) is 0 Å². The van der Waals surface area contributed by atoms with Crippen molar-refractivity contribution in [3.8, 4) is 0 Å². The molecular weight excluding hydrogens is 344 g/mol. The summed E-state index contributed by atoms with van der Waals surface area (Å²) >= 11 is 0. The van der Waals surface area contributed by atoms with Crippen molar-refractivity contribution in [2.45, 2.75) is 84.7 Å². The van der Waals surface area contributed by atoms with Crippen LogP contribution in [0.25, 0.3) is 0 Å². The predicted molar refractivity (Wildman–Crippen MR) is 118 cm³/mol. The summed E-state index contributed by atoms with van der Waals surface area (Å²) in [6, 6.07) is 16.5. The highest BCUT2D eigenvalue weighted by molar-refractivity contribution is 5.89. The number of carbonyl (C=O) groups is 1. The molecule has 0 aliphatic heterocycles. The largest absolute Gasteiger partial charge is 0.454 e. The van der Waals surface area contributed by atoms with E-state index < -0.39 is 0 Å². The second-order valence-electron chi connectivity index (χ2n) is 7.65. The molecule has 2 aromatic carbocycles. The molecule has 0 heterocycles. The van der Waals surface area contributed by atoms with Gasteiger partial charge in [-0.25, -0.2) is 4.79 Å². The van der Waals surface area contributed by atoms with E-state index in [1.807, 2.05) is 12.1 Å². The Morgan fingerprint density at radius 3 is 1.71 bits per heavy atom. The summed E-state index contributed by atoms with van der Waals surface area (Å²) < 4.78 is 5.81. The number of rotatable bonds is 12. The molecular formula is C26H36O2. The van der Waals surface area contributed by atoms with Crippen LogP contribution in [0.15, 0.2) is 48.5 Å². The average Bonchev–Trinajstić information content (AvgIpc) is 2.73. The van der Waals surface area contributed by atoms with Gasteiger partial charge in [-0.1, -0.05) is 82.9 Å². The Morgan fingerprint density at radius 2 is 1.25 bits per heavy atom. The fourth-order valence-electron chi connectivity index (χ4n) is 3.45. The van der Waals surface area contributed by atoms with Gasteiger partial charge in [0.2, 0.25) is 0 Å². The summed E-state index contributed by atoms with van der Waals surface area (Å²) in [6.07, 6.45) is 10.2. The zero-order chi connectivity index (χ0) is 20.2. The van der Waals surface area contributed by atoms with E-state index in [0.29, 0.717) is 5.56 Å². The molecule has 0 spiro atoms. The molecule has 2 aromatic rings. The quantitative estimate of drug-likeness (QED) is 0.282. The summed E-state index contributed by atoms with van der Waals surface area (Å²) in [4.78, 5) is 12.6. The zero-order valence-corrected chi connectivity index (χ0v) is 17.9. The fraction of sp³-hybridized carbons (Fsp3) is 0.500. The first-order chi connectivity index (χ1) is 13.7. The number of benzene rings is 2. The molecule has 0 fully saturated rings. The van der Waals surface area contributed by atoms with Crippen molar-refractivity contribution in [3.05, 3.63) is 70.8 Å². The number of unbranched alkanes of at least 4 members (excludes halogenated alkanes) is 4. The normalized spacial score (nSPS) is 12.0. The highest BCUT2D eigenvalue weighted by atomic mass is 16.5. The summed E-state index contributed by atoms with van der Waals surface area (Å²) in [6.45, 7) is 6.50. The highest BCUT2D eigenvalue weighted by Gasteiger charge is 2.16. The highest BCUT2D eigenvalue weighted by Crippen LogP contribution is 2.24. The van der Waals surface area contributed by atoms with Gasteiger partial charge in [0.15, 0.2) is 0 Å². The van der Waals surface area contributed by atoms with Gasteiger partial charge in [-0.3, -0.25) is 0 Å². The maximum atomic E-state index is 12.6. The van der Waals surface area contributed by atoms with Crippen molar-refractivity contribution in [1.29, 1.82) is 0 Å². The SMILES string of the molecule is CCCCCc1ccc(C(=O)OC(CC)c2ccc(CCCCC)cc2)cc1. The first-order valence-electron chi connectivity index (χ1n) is 11.1. The Morgan fingerprint density at radius 1 is 0.750 bits per heavy atom. The average molecular weight is 381 g/mol. The van der Waals surface area contributed by atoms with Crippen LogP contribution in [0, 0.1) is 0 Å². The van der Waals surface area contributed by atoms with E-state index in [1.54, 1.807) is 0 Å². The Kier molecular flexibility index (Phi) is 9.82. The molecule has 0 bridgehead atoms. The van der Waals surface area contributed by atoms with Gasteiger partial charge in [-0.2, -0.15) is 0 Å². The molecule has 152 valence electrons. The molecule has 1 unspecified atom stereocenters. The van der Waals surface area contributed by atoms with Gasteiger partial charge in [-0.05, 0) is 60.9 Å². The Bertz CT molecular complexity index is 685. The molecule has 0 aliphatic rings. The number of carbonyl (C=O) groups excluding carboxylic acids is 1. The van der Waals surface area contributed by atoms with Gasteiger partial charge in [0.05, 0.1) is 5.56 Å². The maximum absolute atomic E-state index is 12.6. The molecule has 0 aromatic heterocycles. The van der Waals surface area contributed by atoms with Crippen molar-refractivity contribution >= 4 is 5.97 Å². The van der Waals surface area contributed by atoms with Crippen LogP contribution in [0.1, 0.15) is 98.9 Å². The molecule has 28 heavy (non-hydrogen) atoms. The third kappa shape index (κ3) is 7.14. The topological polar surface area (TPSA) is 26.3 Å². The number of hydrogen-bond acceptors (Lipinski definition) is 2. The minimum absolute atomic E-state index is 0.193. The van der Waals surface area contributed by atoms with E-state index in [2.05, 4.69) is 57.2 Å². The van der Waals surface area contributed by atoms with E-state index in [1.165, 1.54) is 49.7 Å². The first-order valence-corrected chi connectivity index (χ1v) is 11.1. The molecule has 0 radical (unpaired) electrons. The lowest BCUT2D eigenvalue weighted by atomic mass is 10.0. The monoisotopic (exact) mass is 380 g/mol. The van der Waals surface area contributed by atoms with Crippen LogP contribution in [-0.2, 0) is 17.6 Å². The third-order valence-electron chi connectivity index (χ3n) is 5.30. The lowest BCUT2D eigenvalue weighted by Crippen LogP contribution is -2.11. The minimum Gasteiger partial charge on any atom is -0.454 e. The Balaban J connectivity index is 1.93. The van der Waals surface area contributed by atoms with Gasteiger partial charge in [-0.15, -0.1) is 0 Å².